The van der Waals surface area contributed by atoms with E-state index < -0.39 is 17.2 Å². The van der Waals surface area contributed by atoms with Crippen molar-refractivity contribution in [2.45, 2.75) is 57.1 Å². The van der Waals surface area contributed by atoms with Crippen LogP contribution in [0.2, 0.25) is 0 Å². The molecule has 5 heteroatoms. The molecule has 0 N–H and O–H groups in total. The van der Waals surface area contributed by atoms with Crippen molar-refractivity contribution in [1.82, 2.24) is 0 Å². The fraction of sp³-hybridized carbons (Fsp3) is 0.846. The zero-order chi connectivity index (χ0) is 13.2. The van der Waals surface area contributed by atoms with E-state index in [2.05, 4.69) is 0 Å². The third kappa shape index (κ3) is 1.61. The van der Waals surface area contributed by atoms with Crippen LogP contribution in [0.4, 0.5) is 0 Å². The van der Waals surface area contributed by atoms with Crippen molar-refractivity contribution in [2.75, 3.05) is 13.7 Å². The van der Waals surface area contributed by atoms with Crippen molar-refractivity contribution in [1.29, 1.82) is 0 Å². The second-order valence-electron chi connectivity index (χ2n) is 5.94. The Morgan fingerprint density at radius 3 is 2.44 bits per heavy atom. The quantitative estimate of drug-likeness (QED) is 0.712. The summed E-state index contributed by atoms with van der Waals surface area (Å²) < 4.78 is 29.1. The lowest BCUT2D eigenvalue weighted by Crippen LogP contribution is -2.48. The molecule has 2 saturated heterocycles. The van der Waals surface area contributed by atoms with Crippen LogP contribution in [0.1, 0.15) is 27.7 Å². The van der Waals surface area contributed by atoms with Crippen LogP contribution in [-0.4, -0.2) is 43.1 Å². The van der Waals surface area contributed by atoms with Gasteiger partial charge in [-0.25, -0.2) is 0 Å². The van der Waals surface area contributed by atoms with Gasteiger partial charge >= 0.3 is 0 Å². The zero-order valence-corrected chi connectivity index (χ0v) is 11.5. The molecule has 1 spiro atoms. The summed E-state index contributed by atoms with van der Waals surface area (Å²) in [4.78, 5) is 0. The summed E-state index contributed by atoms with van der Waals surface area (Å²) in [5, 5.41) is 0. The van der Waals surface area contributed by atoms with E-state index in [0.29, 0.717) is 6.61 Å². The molecule has 2 heterocycles. The van der Waals surface area contributed by atoms with Crippen LogP contribution < -0.4 is 0 Å². The lowest BCUT2D eigenvalue weighted by Gasteiger charge is -2.32. The van der Waals surface area contributed by atoms with Gasteiger partial charge < -0.3 is 23.7 Å². The van der Waals surface area contributed by atoms with Gasteiger partial charge in [0.05, 0.1) is 13.7 Å². The van der Waals surface area contributed by atoms with Crippen LogP contribution in [0.3, 0.4) is 0 Å². The Labute approximate surface area is 107 Å². The summed E-state index contributed by atoms with van der Waals surface area (Å²) in [7, 11) is 1.63. The van der Waals surface area contributed by atoms with Gasteiger partial charge in [0.1, 0.15) is 18.0 Å². The van der Waals surface area contributed by atoms with Crippen LogP contribution >= 0.6 is 0 Å². The van der Waals surface area contributed by atoms with Gasteiger partial charge in [0.25, 0.3) is 0 Å². The Morgan fingerprint density at radius 1 is 1.17 bits per heavy atom. The van der Waals surface area contributed by atoms with Crippen LogP contribution in [-0.2, 0) is 23.7 Å². The highest BCUT2D eigenvalue weighted by molar-refractivity contribution is 5.30. The highest BCUT2D eigenvalue weighted by atomic mass is 16.8. The van der Waals surface area contributed by atoms with Crippen molar-refractivity contribution in [3.63, 3.8) is 0 Å². The summed E-state index contributed by atoms with van der Waals surface area (Å²) in [6.45, 7) is 8.01. The summed E-state index contributed by atoms with van der Waals surface area (Å²) in [6.07, 6.45) is 1.57. The van der Waals surface area contributed by atoms with Crippen molar-refractivity contribution in [3.8, 4) is 0 Å². The van der Waals surface area contributed by atoms with Gasteiger partial charge in [-0.05, 0) is 33.8 Å². The third-order valence-electron chi connectivity index (χ3n) is 3.60. The highest BCUT2D eigenvalue weighted by Crippen LogP contribution is 2.50. The number of rotatable bonds is 1. The highest BCUT2D eigenvalue weighted by Gasteiger charge is 2.65. The van der Waals surface area contributed by atoms with E-state index in [0.717, 1.165) is 5.76 Å². The monoisotopic (exact) mass is 256 g/mol. The van der Waals surface area contributed by atoms with Gasteiger partial charge in [-0.2, -0.15) is 0 Å². The van der Waals surface area contributed by atoms with Crippen LogP contribution in [0.5, 0.6) is 0 Å². The van der Waals surface area contributed by atoms with Gasteiger partial charge in [-0.15, -0.1) is 0 Å². The molecular formula is C13H20O5. The summed E-state index contributed by atoms with van der Waals surface area (Å²) in [6, 6.07) is 0. The van der Waals surface area contributed by atoms with E-state index in [1.807, 2.05) is 33.8 Å². The Bertz CT molecular complexity index is 400. The molecule has 0 bridgehead atoms. The molecule has 2 aliphatic heterocycles. The molecule has 0 aromatic carbocycles. The fourth-order valence-corrected chi connectivity index (χ4v) is 2.98. The number of hydrogen-bond acceptors (Lipinski definition) is 5. The number of methoxy groups -OCH3 is 1. The molecule has 1 aliphatic carbocycles. The Hall–Kier alpha value is -0.620. The molecule has 102 valence electrons. The van der Waals surface area contributed by atoms with Crippen LogP contribution in [0.25, 0.3) is 0 Å². The van der Waals surface area contributed by atoms with E-state index in [-0.39, 0.29) is 12.2 Å². The molecule has 3 aliphatic rings. The molecular weight excluding hydrogens is 236 g/mol. The number of ether oxygens (including phenoxy) is 5. The second-order valence-corrected chi connectivity index (χ2v) is 5.94. The van der Waals surface area contributed by atoms with E-state index in [4.69, 9.17) is 23.7 Å². The first-order chi connectivity index (χ1) is 8.28. The molecule has 5 nitrogen and oxygen atoms in total. The lowest BCUT2D eigenvalue weighted by molar-refractivity contribution is -0.202. The van der Waals surface area contributed by atoms with E-state index >= 15 is 0 Å². The second kappa shape index (κ2) is 3.48. The standard InChI is InChI=1S/C13H20O5/c1-11(2)15-7-13(18-11)9(14-5)6-8-10(13)17-12(3,4)16-8/h6,8,10H,7H2,1-5H3/t8-,10-,13+/m1/s1. The molecule has 3 atom stereocenters. The predicted molar refractivity (Wildman–Crippen MR) is 62.8 cm³/mol. The summed E-state index contributed by atoms with van der Waals surface area (Å²) in [5.41, 5.74) is -0.684. The number of hydrogen-bond donors (Lipinski definition) is 0. The van der Waals surface area contributed by atoms with Crippen molar-refractivity contribution < 1.29 is 23.7 Å². The summed E-state index contributed by atoms with van der Waals surface area (Å²) in [5.74, 6) is -0.504. The van der Waals surface area contributed by atoms with E-state index in [9.17, 15) is 0 Å². The van der Waals surface area contributed by atoms with Crippen molar-refractivity contribution >= 4 is 0 Å². The lowest BCUT2D eigenvalue weighted by atomic mass is 9.99. The maximum absolute atomic E-state index is 6.09. The maximum Gasteiger partial charge on any atom is 0.180 e. The molecule has 3 rings (SSSR count). The Morgan fingerprint density at radius 2 is 1.89 bits per heavy atom. The van der Waals surface area contributed by atoms with Crippen LogP contribution in [0, 0.1) is 0 Å². The van der Waals surface area contributed by atoms with Gasteiger partial charge in [-0.3, -0.25) is 0 Å². The molecule has 2 fully saturated rings. The van der Waals surface area contributed by atoms with Gasteiger partial charge in [0, 0.05) is 0 Å². The number of fused-ring (bicyclic) bond motifs is 2. The minimum atomic E-state index is -0.684. The van der Waals surface area contributed by atoms with E-state index in [1.165, 1.54) is 0 Å². The minimum Gasteiger partial charge on any atom is -0.498 e. The molecule has 0 radical (unpaired) electrons. The average Bonchev–Trinajstić information content (AvgIpc) is 2.80. The smallest absolute Gasteiger partial charge is 0.180 e. The molecule has 0 aromatic heterocycles. The van der Waals surface area contributed by atoms with E-state index in [1.54, 1.807) is 7.11 Å². The topological polar surface area (TPSA) is 46.2 Å². The first kappa shape index (κ1) is 12.4. The van der Waals surface area contributed by atoms with Gasteiger partial charge in [0.2, 0.25) is 0 Å². The first-order valence-corrected chi connectivity index (χ1v) is 6.24. The van der Waals surface area contributed by atoms with Crippen molar-refractivity contribution in [2.24, 2.45) is 0 Å². The SMILES string of the molecule is COC1=C[C@H]2OC(C)(C)O[C@H]2[C@]12COC(C)(C)O2. The summed E-state index contributed by atoms with van der Waals surface area (Å²) >= 11 is 0. The zero-order valence-electron chi connectivity index (χ0n) is 11.5. The molecule has 0 saturated carbocycles. The Balaban J connectivity index is 1.96. The predicted octanol–water partition coefficient (Wildman–Crippen LogP) is 1.57. The Kier molecular flexibility index (Phi) is 2.40. The van der Waals surface area contributed by atoms with Gasteiger partial charge in [-0.1, -0.05) is 0 Å². The largest absolute Gasteiger partial charge is 0.498 e. The molecule has 18 heavy (non-hydrogen) atoms. The minimum absolute atomic E-state index is 0.146. The van der Waals surface area contributed by atoms with Crippen LogP contribution in [0.15, 0.2) is 11.8 Å². The average molecular weight is 256 g/mol. The van der Waals surface area contributed by atoms with Gasteiger partial charge in [0.15, 0.2) is 17.2 Å². The first-order valence-electron chi connectivity index (χ1n) is 6.24. The molecule has 0 aromatic rings. The third-order valence-corrected chi connectivity index (χ3v) is 3.60. The molecule has 0 amide bonds. The maximum atomic E-state index is 6.09. The molecule has 0 unspecified atom stereocenters. The fourth-order valence-electron chi connectivity index (χ4n) is 2.98. The normalized spacial score (nSPS) is 44.2. The van der Waals surface area contributed by atoms with Crippen molar-refractivity contribution in [3.05, 3.63) is 11.8 Å².